The largest absolute Gasteiger partial charge is 0.480 e. The van der Waals surface area contributed by atoms with Gasteiger partial charge in [-0.2, -0.15) is 0 Å². The van der Waals surface area contributed by atoms with E-state index in [2.05, 4.69) is 67.5 Å². The quantitative estimate of drug-likeness (QED) is 0.0164. The number of benzene rings is 1. The molecule has 38 nitrogen and oxygen atoms in total. The lowest BCUT2D eigenvalue weighted by molar-refractivity contribution is -0.142. The van der Waals surface area contributed by atoms with Gasteiger partial charge in [-0.15, -0.1) is 0 Å². The van der Waals surface area contributed by atoms with E-state index in [4.69, 9.17) is 80.3 Å². The van der Waals surface area contributed by atoms with Crippen molar-refractivity contribution >= 4 is 88.9 Å². The zero-order valence-corrected chi connectivity index (χ0v) is 53.3. The van der Waals surface area contributed by atoms with Gasteiger partial charge in [-0.1, -0.05) is 30.3 Å². The van der Waals surface area contributed by atoms with Crippen LogP contribution in [0.5, 0.6) is 0 Å². The average molecular weight is 1330 g/mol. The Morgan fingerprint density at radius 2 is 0.606 bits per heavy atom. The maximum atomic E-state index is 14.8. The lowest BCUT2D eigenvalue weighted by Gasteiger charge is -2.28. The number of amides is 9. The monoisotopic (exact) mass is 1330 g/mol. The third-order valence-corrected chi connectivity index (χ3v) is 14.0. The predicted octanol–water partition coefficient (Wildman–Crippen LogP) is -8.69. The summed E-state index contributed by atoms with van der Waals surface area (Å²) in [5, 5.41) is 30.9. The van der Waals surface area contributed by atoms with Crippen molar-refractivity contribution in [2.24, 2.45) is 105 Å². The first-order chi connectivity index (χ1) is 44.6. The van der Waals surface area contributed by atoms with Gasteiger partial charge in [-0.25, -0.2) is 4.79 Å². The zero-order valence-electron chi connectivity index (χ0n) is 53.3. The second kappa shape index (κ2) is 47.1. The van der Waals surface area contributed by atoms with Gasteiger partial charge in [0.25, 0.3) is 0 Å². The molecule has 0 spiro atoms. The highest BCUT2D eigenvalue weighted by Gasteiger charge is 2.35. The molecule has 38 heteroatoms. The topological polar surface area (TPSA) is 713 Å². The highest BCUT2D eigenvalue weighted by Crippen LogP contribution is 2.13. The van der Waals surface area contributed by atoms with Gasteiger partial charge < -0.3 is 128 Å². The van der Waals surface area contributed by atoms with Crippen LogP contribution in [0.25, 0.3) is 0 Å². The molecule has 1 aromatic rings. The number of carboxylic acid groups (broad SMARTS) is 1. The molecule has 0 heterocycles. The molecule has 0 saturated heterocycles. The molecule has 0 unspecified atom stereocenters. The molecule has 9 atom stereocenters. The van der Waals surface area contributed by atoms with Gasteiger partial charge in [0.2, 0.25) is 53.2 Å². The van der Waals surface area contributed by atoms with Crippen LogP contribution in [-0.4, -0.2) is 194 Å². The Hall–Kier alpha value is -9.85. The van der Waals surface area contributed by atoms with E-state index in [9.17, 15) is 53.1 Å². The Balaban J connectivity index is 3.85. The Morgan fingerprint density at radius 3 is 0.915 bits per heavy atom. The highest BCUT2D eigenvalue weighted by atomic mass is 16.4. The van der Waals surface area contributed by atoms with Gasteiger partial charge in [0.05, 0.1) is 6.04 Å². The number of nitrogens with one attached hydrogen (secondary N) is 8. The number of primary amides is 1. The fourth-order valence-corrected chi connectivity index (χ4v) is 9.05. The second-order valence-electron chi connectivity index (χ2n) is 21.9. The summed E-state index contributed by atoms with van der Waals surface area (Å²) in [6.07, 6.45) is 0.810. The molecular weight excluding hydrogens is 1230 g/mol. The fraction of sp³-hybridized carbons (Fsp3) is 0.625. The van der Waals surface area contributed by atoms with Crippen LogP contribution in [0.1, 0.15) is 121 Å². The summed E-state index contributed by atoms with van der Waals surface area (Å²) in [6, 6.07) is -4.22. The molecule has 0 aliphatic carbocycles. The molecule has 528 valence electrons. The molecule has 0 aromatic heterocycles. The summed E-state index contributed by atoms with van der Waals surface area (Å²) in [7, 11) is 0. The molecule has 1 aromatic carbocycles. The van der Waals surface area contributed by atoms with Crippen LogP contribution in [0.4, 0.5) is 0 Å². The third-order valence-electron chi connectivity index (χ3n) is 14.0. The van der Waals surface area contributed by atoms with E-state index in [-0.39, 0.29) is 146 Å². The lowest BCUT2D eigenvalue weighted by atomic mass is 10.0. The first-order valence-electron chi connectivity index (χ1n) is 31.0. The second-order valence-corrected chi connectivity index (χ2v) is 21.9. The van der Waals surface area contributed by atoms with E-state index in [0.717, 1.165) is 0 Å². The molecule has 0 aliphatic rings. The first kappa shape index (κ1) is 82.2. The molecule has 9 amide bonds. The standard InChI is InChI=1S/C56H103N27O11/c57-24-6-4-16-34(76-43(85)33(59)15-8-26-71-52(61)62)44(86)77-35(17-5-7-25-58)48(90)83-41(31-32-13-2-1-3-14-32)50(92)80-37(19-10-28-73-54(65)66)46(88)81-39(22-23-42(60)84)49(91)79-36(18-9-27-72-53(63)64)45(87)78-38(20-11-29-74-55(67)68)47(89)82-40(51(93)94)21-12-30-75-56(69)70/h1-3,13-14,33-41H,4-12,15-31,57-59H2,(H2,60,84)(H,76,85)(H,77,86)(H,78,87)(H,79,91)(H,80,92)(H,81,88)(H,82,89)(H,83,90)(H,93,94)(H4,61,62,71)(H4,63,64,72)(H4,65,66,73)(H4,67,68,74)(H4,69,70,75)/t33-,34-,35-,36-,37+,38-,39-,40+,41-/m0/s1. The third kappa shape index (κ3) is 37.5. The number of hydrogen-bond acceptors (Lipinski definition) is 18. The van der Waals surface area contributed by atoms with Crippen molar-refractivity contribution in [3.05, 3.63) is 35.9 Å². The number of carbonyl (C=O) groups excluding carboxylic acids is 9. The Labute approximate surface area is 546 Å². The summed E-state index contributed by atoms with van der Waals surface area (Å²) in [4.78, 5) is 158. The Morgan fingerprint density at radius 1 is 0.340 bits per heavy atom. The van der Waals surface area contributed by atoms with Crippen molar-refractivity contribution in [1.82, 2.24) is 42.5 Å². The van der Waals surface area contributed by atoms with Gasteiger partial charge in [-0.3, -0.25) is 68.1 Å². The number of guanidine groups is 5. The summed E-state index contributed by atoms with van der Waals surface area (Å²) < 4.78 is 0. The smallest absolute Gasteiger partial charge is 0.326 e. The van der Waals surface area contributed by atoms with Crippen molar-refractivity contribution in [2.45, 2.75) is 176 Å². The van der Waals surface area contributed by atoms with Crippen LogP contribution >= 0.6 is 0 Å². The Kier molecular flexibility index (Phi) is 41.2. The van der Waals surface area contributed by atoms with Crippen molar-refractivity contribution in [1.29, 1.82) is 0 Å². The molecule has 1 rings (SSSR count). The first-order valence-corrected chi connectivity index (χ1v) is 31.0. The minimum absolute atomic E-state index is 0.0142. The van der Waals surface area contributed by atoms with Crippen molar-refractivity contribution in [3.63, 3.8) is 0 Å². The van der Waals surface area contributed by atoms with Gasteiger partial charge in [0, 0.05) is 45.6 Å². The van der Waals surface area contributed by atoms with Crippen molar-refractivity contribution in [3.8, 4) is 0 Å². The minimum atomic E-state index is -1.67. The minimum Gasteiger partial charge on any atom is -0.480 e. The van der Waals surface area contributed by atoms with Crippen LogP contribution in [0.15, 0.2) is 55.3 Å². The summed E-state index contributed by atoms with van der Waals surface area (Å²) in [5.74, 6) is -10.6. The fourth-order valence-electron chi connectivity index (χ4n) is 9.05. The van der Waals surface area contributed by atoms with E-state index in [1.165, 1.54) is 0 Å². The molecular formula is C56H103N27O11. The number of aliphatic carboxylic acids is 1. The van der Waals surface area contributed by atoms with E-state index in [1.54, 1.807) is 30.3 Å². The van der Waals surface area contributed by atoms with Crippen molar-refractivity contribution in [2.75, 3.05) is 45.8 Å². The summed E-state index contributed by atoms with van der Waals surface area (Å²) >= 11 is 0. The van der Waals surface area contributed by atoms with Crippen LogP contribution in [-0.2, 0) is 54.4 Å². The van der Waals surface area contributed by atoms with Gasteiger partial charge >= 0.3 is 5.97 Å². The van der Waals surface area contributed by atoms with E-state index >= 15 is 0 Å². The normalized spacial score (nSPS) is 13.6. The molecule has 0 saturated carbocycles. The van der Waals surface area contributed by atoms with Gasteiger partial charge in [-0.05, 0) is 128 Å². The molecule has 0 fully saturated rings. The van der Waals surface area contributed by atoms with Gasteiger partial charge in [0.1, 0.15) is 48.3 Å². The van der Waals surface area contributed by atoms with Gasteiger partial charge in [0.15, 0.2) is 29.8 Å². The predicted molar refractivity (Wildman–Crippen MR) is 355 cm³/mol. The molecule has 0 bridgehead atoms. The highest BCUT2D eigenvalue weighted by molar-refractivity contribution is 5.98. The van der Waals surface area contributed by atoms with E-state index < -0.39 is 126 Å². The Bertz CT molecular complexity index is 2700. The average Bonchev–Trinajstić information content (AvgIpc) is 1.15. The van der Waals surface area contributed by atoms with E-state index in [1.807, 2.05) is 0 Å². The lowest BCUT2D eigenvalue weighted by Crippen LogP contribution is -2.60. The van der Waals surface area contributed by atoms with Crippen LogP contribution < -0.4 is 123 Å². The zero-order chi connectivity index (χ0) is 70.5. The number of unbranched alkanes of at least 4 members (excludes halogenated alkanes) is 2. The summed E-state index contributed by atoms with van der Waals surface area (Å²) in [6.45, 7) is 0.655. The van der Waals surface area contributed by atoms with Crippen LogP contribution in [0.2, 0.25) is 0 Å². The maximum Gasteiger partial charge on any atom is 0.326 e. The summed E-state index contributed by atoms with van der Waals surface area (Å²) in [5.41, 5.74) is 78.7. The molecule has 37 N–H and O–H groups in total. The van der Waals surface area contributed by atoms with Crippen LogP contribution in [0.3, 0.4) is 0 Å². The van der Waals surface area contributed by atoms with Crippen molar-refractivity contribution < 1.29 is 53.1 Å². The number of nitrogens with zero attached hydrogens (tertiary/aromatic N) is 5. The molecule has 0 radical (unpaired) electrons. The SMILES string of the molecule is NCCCC[C@H](NC(=O)[C@H](CCCCN)NC(=O)[C@@H](N)CCCN=C(N)N)C(=O)N[C@@H](Cc1ccccc1)C(=O)N[C@H](CCCN=C(N)N)C(=O)N[C@@H](CCC(N)=O)C(=O)N[C@@H](CCCN=C(N)N)C(=O)N[C@@H](CCCN=C(N)N)C(=O)N[C@H](CCCN=C(N)N)C(=O)O. The molecule has 0 aliphatic heterocycles. The number of carboxylic acids is 1. The van der Waals surface area contributed by atoms with E-state index in [0.29, 0.717) is 44.2 Å². The number of aliphatic imine (C=N–C) groups is 5. The number of hydrogen-bond donors (Lipinski definition) is 23. The maximum absolute atomic E-state index is 14.8. The number of nitrogens with two attached hydrogens (primary N) is 14. The molecule has 94 heavy (non-hydrogen) atoms. The number of carbonyl (C=O) groups is 10. The van der Waals surface area contributed by atoms with Crippen LogP contribution in [0, 0.1) is 0 Å². The number of rotatable bonds is 50.